The average molecular weight is 438 g/mol. The summed E-state index contributed by atoms with van der Waals surface area (Å²) in [6.07, 6.45) is 6.54. The standard InChI is InChI=1S/C18H24FN7O3S/c1-12(19)11-29-16-15(13-9-20-21-10-13)5-8-26-17(16)23-18(24-26)22-14-3-6-25(7-4-14)30(2,27)28/h5,8-10,12,14H,3-4,6-7,11H2,1-2H3,(H,20,21)(H,22,24). The molecular formula is C18H24FN7O3S. The van der Waals surface area contributed by atoms with Crippen LogP contribution in [0.25, 0.3) is 16.8 Å². The van der Waals surface area contributed by atoms with Crippen LogP contribution < -0.4 is 10.1 Å². The Labute approximate surface area is 173 Å². The minimum absolute atomic E-state index is 0.0592. The number of nitrogens with zero attached hydrogens (tertiary/aromatic N) is 5. The fourth-order valence-corrected chi connectivity index (χ4v) is 4.34. The molecule has 1 aliphatic rings. The van der Waals surface area contributed by atoms with Gasteiger partial charge in [0.1, 0.15) is 12.8 Å². The Morgan fingerprint density at radius 2 is 2.17 bits per heavy atom. The van der Waals surface area contributed by atoms with Crippen LogP contribution in [0.15, 0.2) is 24.7 Å². The molecule has 162 valence electrons. The third-order valence-electron chi connectivity index (χ3n) is 4.98. The van der Waals surface area contributed by atoms with E-state index in [1.807, 2.05) is 6.07 Å². The number of aromatic amines is 1. The molecule has 4 rings (SSSR count). The van der Waals surface area contributed by atoms with E-state index in [-0.39, 0.29) is 12.6 Å². The van der Waals surface area contributed by atoms with Crippen LogP contribution in [-0.2, 0) is 10.0 Å². The first-order chi connectivity index (χ1) is 14.3. The lowest BCUT2D eigenvalue weighted by molar-refractivity contribution is 0.211. The van der Waals surface area contributed by atoms with Gasteiger partial charge >= 0.3 is 0 Å². The Kier molecular flexibility index (Phi) is 5.60. The molecule has 30 heavy (non-hydrogen) atoms. The van der Waals surface area contributed by atoms with Crippen molar-refractivity contribution in [2.24, 2.45) is 0 Å². The number of hydrogen-bond acceptors (Lipinski definition) is 7. The lowest BCUT2D eigenvalue weighted by Crippen LogP contribution is -2.41. The van der Waals surface area contributed by atoms with Crippen molar-refractivity contribution in [2.75, 3.05) is 31.3 Å². The summed E-state index contributed by atoms with van der Waals surface area (Å²) in [6, 6.07) is 1.88. The van der Waals surface area contributed by atoms with Crippen LogP contribution in [0.2, 0.25) is 0 Å². The summed E-state index contributed by atoms with van der Waals surface area (Å²) in [7, 11) is -3.17. The fraction of sp³-hybridized carbons (Fsp3) is 0.500. The summed E-state index contributed by atoms with van der Waals surface area (Å²) in [5, 5.41) is 14.5. The number of fused-ring (bicyclic) bond motifs is 1. The summed E-state index contributed by atoms with van der Waals surface area (Å²) in [5.41, 5.74) is 1.99. The third-order valence-corrected chi connectivity index (χ3v) is 6.29. The second kappa shape index (κ2) is 8.19. The Bertz CT molecular complexity index is 1110. The number of pyridine rings is 1. The second-order valence-corrected chi connectivity index (χ2v) is 9.40. The maximum absolute atomic E-state index is 13.4. The molecule has 0 radical (unpaired) electrons. The van der Waals surface area contributed by atoms with Crippen molar-refractivity contribution in [2.45, 2.75) is 32.0 Å². The number of halogens is 1. The number of sulfonamides is 1. The Morgan fingerprint density at radius 3 is 2.80 bits per heavy atom. The van der Waals surface area contributed by atoms with E-state index in [1.54, 1.807) is 23.1 Å². The molecule has 0 aromatic carbocycles. The molecule has 4 heterocycles. The lowest BCUT2D eigenvalue weighted by atomic mass is 10.1. The molecule has 0 bridgehead atoms. The van der Waals surface area contributed by atoms with Gasteiger partial charge in [0.05, 0.1) is 12.5 Å². The van der Waals surface area contributed by atoms with Gasteiger partial charge in [-0.15, -0.1) is 5.10 Å². The van der Waals surface area contributed by atoms with E-state index in [0.29, 0.717) is 43.3 Å². The van der Waals surface area contributed by atoms with E-state index in [2.05, 4.69) is 25.6 Å². The van der Waals surface area contributed by atoms with Crippen LogP contribution in [0.4, 0.5) is 10.3 Å². The highest BCUT2D eigenvalue weighted by Crippen LogP contribution is 2.33. The van der Waals surface area contributed by atoms with E-state index < -0.39 is 16.2 Å². The number of piperidine rings is 1. The first-order valence-electron chi connectivity index (χ1n) is 9.68. The van der Waals surface area contributed by atoms with Crippen LogP contribution in [-0.4, -0.2) is 75.7 Å². The Hall–Kier alpha value is -2.73. The van der Waals surface area contributed by atoms with Gasteiger partial charge in [-0.1, -0.05) is 0 Å². The highest BCUT2D eigenvalue weighted by atomic mass is 32.2. The lowest BCUT2D eigenvalue weighted by Gasteiger charge is -2.30. The number of ether oxygens (including phenoxy) is 1. The third kappa shape index (κ3) is 4.38. The van der Waals surface area contributed by atoms with Gasteiger partial charge in [0.2, 0.25) is 16.0 Å². The van der Waals surface area contributed by atoms with Crippen molar-refractivity contribution in [3.05, 3.63) is 24.7 Å². The van der Waals surface area contributed by atoms with Gasteiger partial charge in [-0.3, -0.25) is 5.10 Å². The van der Waals surface area contributed by atoms with Gasteiger partial charge in [-0.25, -0.2) is 21.6 Å². The number of alkyl halides is 1. The molecule has 1 fully saturated rings. The van der Waals surface area contributed by atoms with Gasteiger partial charge in [0.25, 0.3) is 0 Å². The average Bonchev–Trinajstić information content (AvgIpc) is 3.35. The van der Waals surface area contributed by atoms with Crippen molar-refractivity contribution in [3.8, 4) is 16.9 Å². The number of hydrogen-bond donors (Lipinski definition) is 2. The largest absolute Gasteiger partial charge is 0.486 e. The zero-order valence-corrected chi connectivity index (χ0v) is 17.6. The summed E-state index contributed by atoms with van der Waals surface area (Å²) in [6.45, 7) is 2.23. The molecule has 1 saturated heterocycles. The van der Waals surface area contributed by atoms with Gasteiger partial charge in [0.15, 0.2) is 11.4 Å². The summed E-state index contributed by atoms with van der Waals surface area (Å²) in [4.78, 5) is 4.55. The summed E-state index contributed by atoms with van der Waals surface area (Å²) < 4.78 is 45.6. The van der Waals surface area contributed by atoms with Crippen LogP contribution in [0.1, 0.15) is 19.8 Å². The number of anilines is 1. The van der Waals surface area contributed by atoms with Gasteiger partial charge in [-0.2, -0.15) is 10.1 Å². The molecule has 12 heteroatoms. The molecule has 2 N–H and O–H groups in total. The molecule has 1 unspecified atom stereocenters. The van der Waals surface area contributed by atoms with Crippen LogP contribution in [0, 0.1) is 0 Å². The molecule has 10 nitrogen and oxygen atoms in total. The number of rotatable bonds is 7. The van der Waals surface area contributed by atoms with Gasteiger partial charge in [0, 0.05) is 42.7 Å². The first-order valence-corrected chi connectivity index (χ1v) is 11.5. The summed E-state index contributed by atoms with van der Waals surface area (Å²) in [5.74, 6) is 0.839. The van der Waals surface area contributed by atoms with Crippen molar-refractivity contribution in [1.82, 2.24) is 29.1 Å². The van der Waals surface area contributed by atoms with Crippen molar-refractivity contribution in [1.29, 1.82) is 0 Å². The molecule has 0 saturated carbocycles. The number of nitrogens with one attached hydrogen (secondary N) is 2. The number of aromatic nitrogens is 5. The van der Waals surface area contributed by atoms with Crippen molar-refractivity contribution < 1.29 is 17.5 Å². The zero-order valence-electron chi connectivity index (χ0n) is 16.7. The molecular weight excluding hydrogens is 413 g/mol. The van der Waals surface area contributed by atoms with E-state index in [9.17, 15) is 12.8 Å². The van der Waals surface area contributed by atoms with E-state index >= 15 is 0 Å². The predicted molar refractivity (Wildman–Crippen MR) is 110 cm³/mol. The maximum atomic E-state index is 13.4. The Morgan fingerprint density at radius 1 is 1.40 bits per heavy atom. The van der Waals surface area contributed by atoms with Crippen LogP contribution >= 0.6 is 0 Å². The van der Waals surface area contributed by atoms with Gasteiger partial charge in [-0.05, 0) is 25.8 Å². The molecule has 0 spiro atoms. The number of H-pyrrole nitrogens is 1. The van der Waals surface area contributed by atoms with E-state index in [4.69, 9.17) is 4.74 Å². The summed E-state index contributed by atoms with van der Waals surface area (Å²) >= 11 is 0. The predicted octanol–water partition coefficient (Wildman–Crippen LogP) is 1.69. The SMILES string of the molecule is CC(F)COc1c(-c2cn[nH]c2)ccn2nc(NC3CCN(S(C)(=O)=O)CC3)nc12. The van der Waals surface area contributed by atoms with E-state index in [0.717, 1.165) is 11.1 Å². The topological polar surface area (TPSA) is 118 Å². The molecule has 0 amide bonds. The minimum atomic E-state index is -3.17. The van der Waals surface area contributed by atoms with Gasteiger partial charge < -0.3 is 10.1 Å². The first kappa shape index (κ1) is 20.5. The second-order valence-electron chi connectivity index (χ2n) is 7.42. The fourth-order valence-electron chi connectivity index (χ4n) is 3.46. The molecule has 1 atom stereocenters. The highest BCUT2D eigenvalue weighted by molar-refractivity contribution is 7.88. The molecule has 3 aromatic heterocycles. The van der Waals surface area contributed by atoms with Crippen molar-refractivity contribution in [3.63, 3.8) is 0 Å². The molecule has 3 aromatic rings. The zero-order chi connectivity index (χ0) is 21.3. The monoisotopic (exact) mass is 437 g/mol. The molecule has 0 aliphatic carbocycles. The quantitative estimate of drug-likeness (QED) is 0.578. The Balaban J connectivity index is 1.58. The van der Waals surface area contributed by atoms with Crippen LogP contribution in [0.3, 0.4) is 0 Å². The molecule has 1 aliphatic heterocycles. The minimum Gasteiger partial charge on any atom is -0.486 e. The van der Waals surface area contributed by atoms with Crippen molar-refractivity contribution >= 4 is 21.6 Å². The normalized spacial score (nSPS) is 17.3. The maximum Gasteiger partial charge on any atom is 0.243 e. The smallest absolute Gasteiger partial charge is 0.243 e. The van der Waals surface area contributed by atoms with E-state index in [1.165, 1.54) is 17.5 Å². The van der Waals surface area contributed by atoms with Crippen LogP contribution in [0.5, 0.6) is 5.75 Å². The highest BCUT2D eigenvalue weighted by Gasteiger charge is 2.26.